The van der Waals surface area contributed by atoms with Crippen molar-refractivity contribution in [1.29, 1.82) is 0 Å². The van der Waals surface area contributed by atoms with Crippen LogP contribution in [0.1, 0.15) is 44.6 Å². The first-order chi connectivity index (χ1) is 10.5. The third-order valence-corrected chi connectivity index (χ3v) is 4.58. The quantitative estimate of drug-likeness (QED) is 0.750. The zero-order valence-electron chi connectivity index (χ0n) is 12.7. The number of carbonyl (C=O) groups excluding carboxylic acids is 1. The summed E-state index contributed by atoms with van der Waals surface area (Å²) in [7, 11) is 0. The van der Waals surface area contributed by atoms with Crippen LogP contribution < -0.4 is 5.32 Å². The van der Waals surface area contributed by atoms with E-state index in [1.807, 2.05) is 20.0 Å². The van der Waals surface area contributed by atoms with Gasteiger partial charge in [0.15, 0.2) is 0 Å². The van der Waals surface area contributed by atoms with Gasteiger partial charge in [0.1, 0.15) is 11.8 Å². The number of hydrogen-bond acceptors (Lipinski definition) is 3. The van der Waals surface area contributed by atoms with Crippen LogP contribution >= 0.6 is 22.6 Å². The lowest BCUT2D eigenvalue weighted by molar-refractivity contribution is 0.0982. The largest absolute Gasteiger partial charge is 0.446 e. The van der Waals surface area contributed by atoms with Crippen molar-refractivity contribution in [2.75, 3.05) is 0 Å². The van der Waals surface area contributed by atoms with Crippen LogP contribution in [0.2, 0.25) is 0 Å². The lowest BCUT2D eigenvalue weighted by Crippen LogP contribution is -2.33. The van der Waals surface area contributed by atoms with Crippen molar-refractivity contribution >= 4 is 39.7 Å². The van der Waals surface area contributed by atoms with E-state index in [4.69, 9.17) is 4.74 Å². The highest BCUT2D eigenvalue weighted by molar-refractivity contribution is 14.1. The topological polar surface area (TPSA) is 67.0 Å². The van der Waals surface area contributed by atoms with E-state index < -0.39 is 0 Å². The molecular formula is C16H20IN3O2. The Morgan fingerprint density at radius 3 is 3.05 bits per heavy atom. The summed E-state index contributed by atoms with van der Waals surface area (Å²) in [5.41, 5.74) is 2.16. The molecule has 1 aliphatic rings. The third kappa shape index (κ3) is 3.53. The van der Waals surface area contributed by atoms with Crippen molar-refractivity contribution in [3.8, 4) is 0 Å². The fourth-order valence-electron chi connectivity index (χ4n) is 2.99. The molecule has 0 saturated heterocycles. The SMILES string of the molecule is CC(C)NC(=O)O[C@@H]1CC[C@H](c2cnc3[nH]c(I)cc3c2)C1. The first-order valence-electron chi connectivity index (χ1n) is 7.62. The Balaban J connectivity index is 1.64. The molecule has 2 heterocycles. The summed E-state index contributed by atoms with van der Waals surface area (Å²) >= 11 is 2.26. The Morgan fingerprint density at radius 1 is 1.45 bits per heavy atom. The number of alkyl carbamates (subject to hydrolysis) is 1. The molecule has 22 heavy (non-hydrogen) atoms. The molecule has 0 aliphatic heterocycles. The molecule has 0 unspecified atom stereocenters. The van der Waals surface area contributed by atoms with Crippen LogP contribution in [0.5, 0.6) is 0 Å². The number of pyridine rings is 1. The van der Waals surface area contributed by atoms with Gasteiger partial charge in [-0.1, -0.05) is 0 Å². The van der Waals surface area contributed by atoms with Crippen molar-refractivity contribution in [3.63, 3.8) is 0 Å². The number of nitrogens with one attached hydrogen (secondary N) is 2. The van der Waals surface area contributed by atoms with Crippen LogP contribution in [-0.2, 0) is 4.74 Å². The van der Waals surface area contributed by atoms with Gasteiger partial charge in [-0.25, -0.2) is 9.78 Å². The van der Waals surface area contributed by atoms with E-state index in [0.717, 1.165) is 34.0 Å². The van der Waals surface area contributed by atoms with Gasteiger partial charge in [0, 0.05) is 17.6 Å². The van der Waals surface area contributed by atoms with Crippen LogP contribution in [0.15, 0.2) is 18.3 Å². The normalized spacial score (nSPS) is 21.5. The second kappa shape index (κ2) is 6.44. The van der Waals surface area contributed by atoms with Gasteiger partial charge in [-0.3, -0.25) is 0 Å². The lowest BCUT2D eigenvalue weighted by atomic mass is 9.99. The van der Waals surface area contributed by atoms with Gasteiger partial charge in [0.05, 0.1) is 3.70 Å². The number of fused-ring (bicyclic) bond motifs is 1. The maximum Gasteiger partial charge on any atom is 0.407 e. The number of H-pyrrole nitrogens is 1. The third-order valence-electron chi connectivity index (χ3n) is 3.99. The van der Waals surface area contributed by atoms with Crippen molar-refractivity contribution in [1.82, 2.24) is 15.3 Å². The number of ether oxygens (including phenoxy) is 1. The minimum atomic E-state index is -0.311. The number of aromatic amines is 1. The molecular weight excluding hydrogens is 393 g/mol. The average molecular weight is 413 g/mol. The zero-order valence-corrected chi connectivity index (χ0v) is 14.9. The molecule has 1 amide bonds. The van der Waals surface area contributed by atoms with Gasteiger partial charge in [-0.05, 0) is 79.3 Å². The predicted octanol–water partition coefficient (Wildman–Crippen LogP) is 3.94. The molecule has 118 valence electrons. The fourth-order valence-corrected chi connectivity index (χ4v) is 3.58. The monoisotopic (exact) mass is 413 g/mol. The highest BCUT2D eigenvalue weighted by Gasteiger charge is 2.29. The second-order valence-electron chi connectivity index (χ2n) is 6.16. The van der Waals surface area contributed by atoms with Gasteiger partial charge in [0.25, 0.3) is 0 Å². The van der Waals surface area contributed by atoms with Gasteiger partial charge >= 0.3 is 6.09 Å². The van der Waals surface area contributed by atoms with E-state index in [1.165, 1.54) is 5.56 Å². The first-order valence-corrected chi connectivity index (χ1v) is 8.70. The van der Waals surface area contributed by atoms with Crippen LogP contribution in [0.25, 0.3) is 11.0 Å². The number of aromatic nitrogens is 2. The smallest absolute Gasteiger partial charge is 0.407 e. The maximum absolute atomic E-state index is 11.7. The molecule has 0 bridgehead atoms. The average Bonchev–Trinajstić information content (AvgIpc) is 3.01. The summed E-state index contributed by atoms with van der Waals surface area (Å²) in [6.45, 7) is 3.86. The van der Waals surface area contributed by atoms with E-state index in [0.29, 0.717) is 5.92 Å². The molecule has 2 atom stereocenters. The number of halogens is 1. The summed E-state index contributed by atoms with van der Waals surface area (Å²) in [5, 5.41) is 3.92. The van der Waals surface area contributed by atoms with Gasteiger partial charge in [-0.15, -0.1) is 0 Å². The minimum Gasteiger partial charge on any atom is -0.446 e. The lowest BCUT2D eigenvalue weighted by Gasteiger charge is -2.15. The predicted molar refractivity (Wildman–Crippen MR) is 93.9 cm³/mol. The molecule has 1 fully saturated rings. The standard InChI is InChI=1S/C16H20IN3O2/c1-9(2)19-16(21)22-13-4-3-10(6-13)12-5-11-7-14(17)20-15(11)18-8-12/h5,7-10,13H,3-4,6H2,1-2H3,(H,18,20)(H,19,21)/t10-,13+/m0/s1. The molecule has 0 spiro atoms. The summed E-state index contributed by atoms with van der Waals surface area (Å²) in [6, 6.07) is 4.40. The van der Waals surface area contributed by atoms with Crippen molar-refractivity contribution in [2.45, 2.75) is 51.2 Å². The zero-order chi connectivity index (χ0) is 15.7. The highest BCUT2D eigenvalue weighted by atomic mass is 127. The molecule has 1 aliphatic carbocycles. The van der Waals surface area contributed by atoms with Crippen molar-refractivity contribution in [2.24, 2.45) is 0 Å². The van der Waals surface area contributed by atoms with E-state index in [9.17, 15) is 4.79 Å². The number of hydrogen-bond donors (Lipinski definition) is 2. The first kappa shape index (κ1) is 15.6. The van der Waals surface area contributed by atoms with Crippen LogP contribution in [0.3, 0.4) is 0 Å². The van der Waals surface area contributed by atoms with E-state index in [-0.39, 0.29) is 18.2 Å². The molecule has 0 radical (unpaired) electrons. The van der Waals surface area contributed by atoms with Crippen LogP contribution in [0.4, 0.5) is 4.79 Å². The summed E-state index contributed by atoms with van der Waals surface area (Å²) in [4.78, 5) is 19.4. The fraction of sp³-hybridized carbons (Fsp3) is 0.500. The van der Waals surface area contributed by atoms with Gasteiger partial charge in [0.2, 0.25) is 0 Å². The van der Waals surface area contributed by atoms with Crippen LogP contribution in [0, 0.1) is 3.70 Å². The highest BCUT2D eigenvalue weighted by Crippen LogP contribution is 2.36. The summed E-state index contributed by atoms with van der Waals surface area (Å²) in [5.74, 6) is 0.418. The van der Waals surface area contributed by atoms with E-state index in [2.05, 4.69) is 50.0 Å². The van der Waals surface area contributed by atoms with Crippen molar-refractivity contribution in [3.05, 3.63) is 27.6 Å². The van der Waals surface area contributed by atoms with Gasteiger partial charge < -0.3 is 15.0 Å². The molecule has 6 heteroatoms. The number of rotatable bonds is 3. The summed E-state index contributed by atoms with van der Waals surface area (Å²) < 4.78 is 6.58. The molecule has 1 saturated carbocycles. The van der Waals surface area contributed by atoms with Gasteiger partial charge in [-0.2, -0.15) is 0 Å². The van der Waals surface area contributed by atoms with Crippen LogP contribution in [-0.4, -0.2) is 28.2 Å². The minimum absolute atomic E-state index is 0.00538. The molecule has 3 rings (SSSR count). The van der Waals surface area contributed by atoms with E-state index >= 15 is 0 Å². The Kier molecular flexibility index (Phi) is 4.56. The number of carbonyl (C=O) groups is 1. The molecule has 2 N–H and O–H groups in total. The van der Waals surface area contributed by atoms with E-state index in [1.54, 1.807) is 0 Å². The number of nitrogens with zero attached hydrogens (tertiary/aromatic N) is 1. The molecule has 0 aromatic carbocycles. The van der Waals surface area contributed by atoms with Crippen molar-refractivity contribution < 1.29 is 9.53 Å². The Labute approximate surface area is 143 Å². The second-order valence-corrected chi connectivity index (χ2v) is 7.32. The molecule has 2 aromatic heterocycles. The Morgan fingerprint density at radius 2 is 2.27 bits per heavy atom. The maximum atomic E-state index is 11.7. The Bertz CT molecular complexity index is 683. The molecule has 2 aromatic rings. The molecule has 5 nitrogen and oxygen atoms in total. The number of amides is 1. The summed E-state index contributed by atoms with van der Waals surface area (Å²) in [6.07, 6.45) is 4.46. The Hall–Kier alpha value is -1.31.